The summed E-state index contributed by atoms with van der Waals surface area (Å²) >= 11 is 0. The van der Waals surface area contributed by atoms with Crippen LogP contribution in [0.4, 0.5) is 4.39 Å². The predicted molar refractivity (Wildman–Crippen MR) is 117 cm³/mol. The van der Waals surface area contributed by atoms with Gasteiger partial charge in [0.1, 0.15) is 5.82 Å². The fourth-order valence-electron chi connectivity index (χ4n) is 5.33. The Bertz CT molecular complexity index is 1000. The van der Waals surface area contributed by atoms with E-state index in [-0.39, 0.29) is 41.8 Å². The molecule has 4 atom stereocenters. The third-order valence-electron chi connectivity index (χ3n) is 6.65. The van der Waals surface area contributed by atoms with Gasteiger partial charge in [-0.1, -0.05) is 26.0 Å². The number of nitrogens with zero attached hydrogens (tertiary/aromatic N) is 2. The first-order valence-corrected chi connectivity index (χ1v) is 11.2. The average molecular weight is 428 g/mol. The minimum atomic E-state index is -0.396. The molecule has 0 aliphatic carbocycles. The van der Waals surface area contributed by atoms with Gasteiger partial charge in [-0.15, -0.1) is 0 Å². The van der Waals surface area contributed by atoms with Crippen LogP contribution in [-0.2, 0) is 11.3 Å². The lowest BCUT2D eigenvalue weighted by Gasteiger charge is -2.30. The molecule has 2 aliphatic rings. The number of hydrogen-bond acceptors (Lipinski definition) is 4. The molecule has 0 spiro atoms. The second-order valence-corrected chi connectivity index (χ2v) is 8.52. The second-order valence-electron chi connectivity index (χ2n) is 8.52. The van der Waals surface area contributed by atoms with Crippen molar-refractivity contribution < 1.29 is 14.3 Å². The summed E-state index contributed by atoms with van der Waals surface area (Å²) in [6, 6.07) is 9.21. The number of benzene rings is 1. The van der Waals surface area contributed by atoms with Gasteiger partial charge < -0.3 is 15.0 Å². The number of aromatic nitrogens is 1. The number of aliphatic hydroxyl groups is 1. The first-order valence-electron chi connectivity index (χ1n) is 11.2. The maximum atomic E-state index is 13.3. The number of carbonyl (C=O) groups excluding carboxylic acids is 1. The molecule has 166 valence electrons. The topological polar surface area (TPSA) is 74.6 Å². The SMILES string of the molecule is CCCNC(=O)[C@@H]1[C@@H](CO)[C@@H]2Cn3c(ccc(-c4ccc(F)cc4)c3=O)[C@@H]2N1CCC. The van der Waals surface area contributed by atoms with E-state index in [1.165, 1.54) is 12.1 Å². The fourth-order valence-corrected chi connectivity index (χ4v) is 5.33. The molecular weight excluding hydrogens is 397 g/mol. The van der Waals surface area contributed by atoms with Gasteiger partial charge in [0.05, 0.1) is 12.1 Å². The number of rotatable bonds is 7. The Morgan fingerprint density at radius 1 is 1.16 bits per heavy atom. The molecule has 1 amide bonds. The molecule has 2 aromatic rings. The molecule has 1 fully saturated rings. The summed E-state index contributed by atoms with van der Waals surface area (Å²) in [5.74, 6) is -0.624. The Morgan fingerprint density at radius 3 is 2.55 bits per heavy atom. The standard InChI is InChI=1S/C24H30FN3O3/c1-3-11-26-23(30)22-19(14-29)18-13-28-20(21(18)27(22)12-4-2)10-9-17(24(28)31)15-5-7-16(25)8-6-15/h5-10,18-19,21-22,29H,3-4,11-14H2,1-2H3,(H,26,30)/t18-,19-,21+,22-/m0/s1. The van der Waals surface area contributed by atoms with Gasteiger partial charge in [-0.2, -0.15) is 0 Å². The molecule has 2 N–H and O–H groups in total. The highest BCUT2D eigenvalue weighted by Gasteiger charge is 2.55. The largest absolute Gasteiger partial charge is 0.396 e. The van der Waals surface area contributed by atoms with Gasteiger partial charge in [-0.3, -0.25) is 14.5 Å². The minimum Gasteiger partial charge on any atom is -0.396 e. The van der Waals surface area contributed by atoms with E-state index in [1.807, 2.05) is 13.0 Å². The van der Waals surface area contributed by atoms with E-state index in [4.69, 9.17) is 0 Å². The number of hydrogen-bond donors (Lipinski definition) is 2. The van der Waals surface area contributed by atoms with Crippen LogP contribution in [0.1, 0.15) is 38.4 Å². The van der Waals surface area contributed by atoms with Gasteiger partial charge in [0.2, 0.25) is 5.91 Å². The summed E-state index contributed by atoms with van der Waals surface area (Å²) in [6.45, 7) is 5.78. The van der Waals surface area contributed by atoms with E-state index >= 15 is 0 Å². The zero-order chi connectivity index (χ0) is 22.1. The van der Waals surface area contributed by atoms with Crippen molar-refractivity contribution in [2.75, 3.05) is 19.7 Å². The number of carbonyl (C=O) groups is 1. The molecule has 3 heterocycles. The summed E-state index contributed by atoms with van der Waals surface area (Å²) < 4.78 is 15.1. The van der Waals surface area contributed by atoms with E-state index in [1.54, 1.807) is 22.8 Å². The Labute approximate surface area is 181 Å². The van der Waals surface area contributed by atoms with Crippen molar-refractivity contribution >= 4 is 5.91 Å². The van der Waals surface area contributed by atoms with Gasteiger partial charge >= 0.3 is 0 Å². The lowest BCUT2D eigenvalue weighted by Crippen LogP contribution is -2.48. The molecule has 1 aromatic carbocycles. The second kappa shape index (κ2) is 8.93. The van der Waals surface area contributed by atoms with E-state index < -0.39 is 6.04 Å². The first-order chi connectivity index (χ1) is 15.0. The zero-order valence-corrected chi connectivity index (χ0v) is 18.1. The van der Waals surface area contributed by atoms with Crippen LogP contribution in [-0.4, -0.2) is 46.2 Å². The number of likely N-dealkylation sites (tertiary alicyclic amines) is 1. The van der Waals surface area contributed by atoms with Crippen molar-refractivity contribution in [1.29, 1.82) is 0 Å². The van der Waals surface area contributed by atoms with Gasteiger partial charge in [0, 0.05) is 42.8 Å². The molecule has 0 bridgehead atoms. The van der Waals surface area contributed by atoms with Crippen LogP contribution in [0.25, 0.3) is 11.1 Å². The summed E-state index contributed by atoms with van der Waals surface area (Å²) in [7, 11) is 0. The summed E-state index contributed by atoms with van der Waals surface area (Å²) in [6.07, 6.45) is 1.73. The number of nitrogens with one attached hydrogen (secondary N) is 1. The van der Waals surface area contributed by atoms with Crippen molar-refractivity contribution in [2.45, 2.75) is 45.3 Å². The molecule has 0 unspecified atom stereocenters. The molecule has 7 heteroatoms. The van der Waals surface area contributed by atoms with Crippen molar-refractivity contribution in [3.05, 3.63) is 58.3 Å². The van der Waals surface area contributed by atoms with Crippen LogP contribution in [0.3, 0.4) is 0 Å². The predicted octanol–water partition coefficient (Wildman–Crippen LogP) is 2.55. The molecule has 1 aromatic heterocycles. The quantitative estimate of drug-likeness (QED) is 0.712. The van der Waals surface area contributed by atoms with Crippen molar-refractivity contribution in [3.8, 4) is 11.1 Å². The highest BCUT2D eigenvalue weighted by Crippen LogP contribution is 2.49. The smallest absolute Gasteiger partial charge is 0.258 e. The Balaban J connectivity index is 1.73. The van der Waals surface area contributed by atoms with Crippen molar-refractivity contribution in [2.24, 2.45) is 11.8 Å². The van der Waals surface area contributed by atoms with Gasteiger partial charge in [-0.25, -0.2) is 4.39 Å². The highest BCUT2D eigenvalue weighted by atomic mass is 19.1. The third-order valence-corrected chi connectivity index (χ3v) is 6.65. The Kier molecular flexibility index (Phi) is 6.25. The Hall–Kier alpha value is -2.51. The molecule has 4 rings (SSSR count). The van der Waals surface area contributed by atoms with Gasteiger partial charge in [-0.05, 0) is 49.2 Å². The van der Waals surface area contributed by atoms with Crippen LogP contribution in [0, 0.1) is 17.7 Å². The lowest BCUT2D eigenvalue weighted by molar-refractivity contribution is -0.127. The van der Waals surface area contributed by atoms with E-state index in [2.05, 4.69) is 17.1 Å². The van der Waals surface area contributed by atoms with Crippen LogP contribution in [0.2, 0.25) is 0 Å². The van der Waals surface area contributed by atoms with E-state index in [0.29, 0.717) is 24.2 Å². The molecule has 0 saturated carbocycles. The summed E-state index contributed by atoms with van der Waals surface area (Å²) in [4.78, 5) is 28.4. The number of fused-ring (bicyclic) bond motifs is 3. The molecule has 6 nitrogen and oxygen atoms in total. The van der Waals surface area contributed by atoms with Crippen molar-refractivity contribution in [3.63, 3.8) is 0 Å². The van der Waals surface area contributed by atoms with Crippen LogP contribution in [0.15, 0.2) is 41.2 Å². The maximum Gasteiger partial charge on any atom is 0.258 e. The third kappa shape index (κ3) is 3.70. The lowest BCUT2D eigenvalue weighted by atomic mass is 9.88. The summed E-state index contributed by atoms with van der Waals surface area (Å²) in [5.41, 5.74) is 1.99. The molecule has 31 heavy (non-hydrogen) atoms. The molecule has 1 saturated heterocycles. The average Bonchev–Trinajstić information content (AvgIpc) is 3.29. The molecular formula is C24H30FN3O3. The normalized spacial score (nSPS) is 24.8. The molecule has 0 radical (unpaired) electrons. The summed E-state index contributed by atoms with van der Waals surface area (Å²) in [5, 5.41) is 13.2. The Morgan fingerprint density at radius 2 is 1.90 bits per heavy atom. The minimum absolute atomic E-state index is 0.00917. The first kappa shape index (κ1) is 21.7. The van der Waals surface area contributed by atoms with E-state index in [0.717, 1.165) is 25.1 Å². The maximum absolute atomic E-state index is 13.3. The number of aliphatic hydroxyl groups excluding tert-OH is 1. The van der Waals surface area contributed by atoms with E-state index in [9.17, 15) is 19.1 Å². The number of pyridine rings is 1. The van der Waals surface area contributed by atoms with Crippen LogP contribution in [0.5, 0.6) is 0 Å². The van der Waals surface area contributed by atoms with Crippen molar-refractivity contribution in [1.82, 2.24) is 14.8 Å². The molecule has 2 aliphatic heterocycles. The van der Waals surface area contributed by atoms with Gasteiger partial charge in [0.25, 0.3) is 5.56 Å². The zero-order valence-electron chi connectivity index (χ0n) is 18.1. The van der Waals surface area contributed by atoms with Gasteiger partial charge in [0.15, 0.2) is 0 Å². The number of halogens is 1. The van der Waals surface area contributed by atoms with Crippen LogP contribution < -0.4 is 10.9 Å². The highest BCUT2D eigenvalue weighted by molar-refractivity contribution is 5.82. The fraction of sp³-hybridized carbons (Fsp3) is 0.500. The monoisotopic (exact) mass is 427 g/mol. The number of amides is 1. The van der Waals surface area contributed by atoms with Crippen LogP contribution >= 0.6 is 0 Å².